The molecule has 94 valence electrons. The Kier molecular flexibility index (Phi) is 5.23. The van der Waals surface area contributed by atoms with Crippen LogP contribution in [0.3, 0.4) is 0 Å². The summed E-state index contributed by atoms with van der Waals surface area (Å²) in [6, 6.07) is 21.4. The summed E-state index contributed by atoms with van der Waals surface area (Å²) in [6.45, 7) is 3.20. The molecule has 0 spiro atoms. The van der Waals surface area contributed by atoms with Gasteiger partial charge in [-0.15, -0.1) is 0 Å². The van der Waals surface area contributed by atoms with Crippen molar-refractivity contribution in [3.05, 3.63) is 60.7 Å². The van der Waals surface area contributed by atoms with E-state index in [9.17, 15) is 0 Å². The zero-order valence-corrected chi connectivity index (χ0v) is 11.8. The number of unbranched alkanes of at least 4 members (excludes halogenated alkanes) is 1. The molecule has 0 bridgehead atoms. The van der Waals surface area contributed by atoms with Gasteiger partial charge < -0.3 is 0 Å². The van der Waals surface area contributed by atoms with Crippen molar-refractivity contribution in [2.24, 2.45) is 4.74 Å². The van der Waals surface area contributed by atoms with E-state index in [1.165, 1.54) is 23.5 Å². The average molecular weight is 257 g/mol. The van der Waals surface area contributed by atoms with Crippen LogP contribution in [0.15, 0.2) is 65.4 Å². The van der Waals surface area contributed by atoms with E-state index in [1.54, 1.807) is 0 Å². The lowest BCUT2D eigenvalue weighted by Gasteiger charge is -2.09. The molecule has 0 aliphatic carbocycles. The second kappa shape index (κ2) is 7.18. The third-order valence-corrected chi connectivity index (χ3v) is 5.18. The molecule has 2 heteroatoms. The quantitative estimate of drug-likeness (QED) is 0.570. The Bertz CT molecular complexity index is 450. The number of rotatable bonds is 5. The van der Waals surface area contributed by atoms with Gasteiger partial charge in [0.25, 0.3) is 0 Å². The molecule has 1 nitrogen and oxygen atoms in total. The minimum absolute atomic E-state index is 0.947. The highest BCUT2D eigenvalue weighted by atomic mass is 31.1. The van der Waals surface area contributed by atoms with Gasteiger partial charge in [0.2, 0.25) is 0 Å². The topological polar surface area (TPSA) is 12.4 Å². The van der Waals surface area contributed by atoms with E-state index in [4.69, 9.17) is 4.74 Å². The van der Waals surface area contributed by atoms with Gasteiger partial charge in [-0.3, -0.25) is 4.74 Å². The van der Waals surface area contributed by atoms with Crippen LogP contribution in [0.4, 0.5) is 0 Å². The van der Waals surface area contributed by atoms with Gasteiger partial charge in [-0.1, -0.05) is 74.0 Å². The van der Waals surface area contributed by atoms with Gasteiger partial charge in [0.05, 0.1) is 0 Å². The summed E-state index contributed by atoms with van der Waals surface area (Å²) in [5.41, 5.74) is 0. The van der Waals surface area contributed by atoms with E-state index >= 15 is 0 Å². The minimum Gasteiger partial charge on any atom is -0.297 e. The van der Waals surface area contributed by atoms with Crippen molar-refractivity contribution in [1.29, 1.82) is 0 Å². The molecule has 0 aliphatic heterocycles. The largest absolute Gasteiger partial charge is 0.297 e. The third kappa shape index (κ3) is 3.58. The first kappa shape index (κ1) is 13.1. The van der Waals surface area contributed by atoms with E-state index in [-0.39, 0.29) is 0 Å². The molecule has 2 rings (SSSR count). The van der Waals surface area contributed by atoms with Gasteiger partial charge in [0, 0.05) is 14.3 Å². The summed E-state index contributed by atoms with van der Waals surface area (Å²) < 4.78 is 4.96. The summed E-state index contributed by atoms with van der Waals surface area (Å²) in [5.74, 6) is 0. The molecule has 0 atom stereocenters. The number of hydrogen-bond donors (Lipinski definition) is 0. The van der Waals surface area contributed by atoms with Crippen LogP contribution in [0, 0.1) is 0 Å². The normalized spacial score (nSPS) is 10.6. The monoisotopic (exact) mass is 257 g/mol. The lowest BCUT2D eigenvalue weighted by molar-refractivity contribution is 0.814. The number of benzene rings is 2. The van der Waals surface area contributed by atoms with E-state index in [1.807, 2.05) is 0 Å². The summed E-state index contributed by atoms with van der Waals surface area (Å²) in [4.78, 5) is 0. The second-order valence-electron chi connectivity index (χ2n) is 4.32. The maximum absolute atomic E-state index is 4.96. The van der Waals surface area contributed by atoms with Crippen LogP contribution in [0.5, 0.6) is 0 Å². The van der Waals surface area contributed by atoms with Crippen LogP contribution in [0.1, 0.15) is 19.8 Å². The highest BCUT2D eigenvalue weighted by Gasteiger charge is 2.03. The van der Waals surface area contributed by atoms with Gasteiger partial charge in [0.15, 0.2) is 0 Å². The molecule has 0 amide bonds. The second-order valence-corrected chi connectivity index (χ2v) is 6.48. The Labute approximate surface area is 110 Å². The predicted molar refractivity (Wildman–Crippen MR) is 82.7 cm³/mol. The SMILES string of the molecule is CCCCN=[PH](c1ccccc1)c1ccccc1. The van der Waals surface area contributed by atoms with Crippen LogP contribution in [0.2, 0.25) is 0 Å². The average Bonchev–Trinajstić information content (AvgIpc) is 2.46. The van der Waals surface area contributed by atoms with Gasteiger partial charge in [-0.05, 0) is 17.0 Å². The molecular formula is C16H20NP. The van der Waals surface area contributed by atoms with E-state index in [0.717, 1.165) is 6.54 Å². The Morgan fingerprint density at radius 1 is 0.833 bits per heavy atom. The van der Waals surface area contributed by atoms with Gasteiger partial charge >= 0.3 is 0 Å². The van der Waals surface area contributed by atoms with Crippen molar-refractivity contribution in [3.8, 4) is 0 Å². The van der Waals surface area contributed by atoms with Gasteiger partial charge in [-0.25, -0.2) is 0 Å². The lowest BCUT2D eigenvalue weighted by atomic mass is 10.3. The third-order valence-electron chi connectivity index (χ3n) is 2.88. The molecule has 0 radical (unpaired) electrons. The Hall–Kier alpha value is -1.33. The molecule has 0 N–H and O–H groups in total. The number of hydrogen-bond acceptors (Lipinski definition) is 1. The highest BCUT2D eigenvalue weighted by Crippen LogP contribution is 2.24. The fraction of sp³-hybridized carbons (Fsp3) is 0.250. The summed E-state index contributed by atoms with van der Waals surface area (Å²) >= 11 is 0. The maximum atomic E-state index is 4.96. The first-order chi connectivity index (χ1) is 8.92. The molecule has 0 fully saturated rings. The molecule has 0 saturated heterocycles. The summed E-state index contributed by atoms with van der Waals surface area (Å²) in [7, 11) is -0.947. The summed E-state index contributed by atoms with van der Waals surface area (Å²) in [5, 5.41) is 2.76. The molecular weight excluding hydrogens is 237 g/mol. The van der Waals surface area contributed by atoms with E-state index in [0.29, 0.717) is 0 Å². The highest BCUT2D eigenvalue weighted by molar-refractivity contribution is 7.63. The van der Waals surface area contributed by atoms with Crippen molar-refractivity contribution in [3.63, 3.8) is 0 Å². The van der Waals surface area contributed by atoms with Crippen molar-refractivity contribution in [1.82, 2.24) is 0 Å². The first-order valence-corrected chi connectivity index (χ1v) is 8.02. The smallest absolute Gasteiger partial charge is 0.0378 e. The van der Waals surface area contributed by atoms with Crippen molar-refractivity contribution in [2.45, 2.75) is 19.8 Å². The van der Waals surface area contributed by atoms with Crippen molar-refractivity contribution in [2.75, 3.05) is 6.54 Å². The van der Waals surface area contributed by atoms with Crippen molar-refractivity contribution >= 4 is 18.3 Å². The molecule has 0 aliphatic rings. The van der Waals surface area contributed by atoms with Crippen LogP contribution >= 0.6 is 7.71 Å². The predicted octanol–water partition coefficient (Wildman–Crippen LogP) is 3.84. The fourth-order valence-corrected chi connectivity index (χ4v) is 3.99. The fourth-order valence-electron chi connectivity index (χ4n) is 1.89. The van der Waals surface area contributed by atoms with E-state index in [2.05, 4.69) is 67.6 Å². The lowest BCUT2D eigenvalue weighted by Crippen LogP contribution is -2.06. The molecule has 0 heterocycles. The van der Waals surface area contributed by atoms with E-state index < -0.39 is 7.71 Å². The van der Waals surface area contributed by atoms with Crippen LogP contribution in [-0.4, -0.2) is 6.54 Å². The van der Waals surface area contributed by atoms with Gasteiger partial charge in [0.1, 0.15) is 0 Å². The molecule has 2 aromatic rings. The molecule has 18 heavy (non-hydrogen) atoms. The standard InChI is InChI=1S/C16H20NP/c1-2-3-14-17-18(15-10-6-4-7-11-15)16-12-8-5-9-13-16/h4-13,18H,2-3,14H2,1H3. The molecule has 0 unspecified atom stereocenters. The first-order valence-electron chi connectivity index (χ1n) is 6.57. The molecule has 0 saturated carbocycles. The minimum atomic E-state index is -0.947. The zero-order chi connectivity index (χ0) is 12.6. The number of nitrogens with zero attached hydrogens (tertiary/aromatic N) is 1. The van der Waals surface area contributed by atoms with Crippen LogP contribution < -0.4 is 10.6 Å². The van der Waals surface area contributed by atoms with Gasteiger partial charge in [-0.2, -0.15) is 0 Å². The van der Waals surface area contributed by atoms with Crippen molar-refractivity contribution < 1.29 is 0 Å². The zero-order valence-electron chi connectivity index (χ0n) is 10.8. The molecule has 2 aromatic carbocycles. The maximum Gasteiger partial charge on any atom is 0.0378 e. The summed E-state index contributed by atoms with van der Waals surface area (Å²) in [6.07, 6.45) is 2.40. The van der Waals surface area contributed by atoms with Crippen LogP contribution in [-0.2, 0) is 0 Å². The van der Waals surface area contributed by atoms with Crippen LogP contribution in [0.25, 0.3) is 0 Å². The molecule has 0 aromatic heterocycles. The Morgan fingerprint density at radius 2 is 1.33 bits per heavy atom. The Morgan fingerprint density at radius 3 is 1.78 bits per heavy atom. The Balaban J connectivity index is 2.33.